The first kappa shape index (κ1) is 15.5. The van der Waals surface area contributed by atoms with E-state index in [4.69, 9.17) is 11.6 Å². The van der Waals surface area contributed by atoms with E-state index in [0.717, 1.165) is 17.5 Å². The molecule has 0 saturated carbocycles. The van der Waals surface area contributed by atoms with Gasteiger partial charge in [0, 0.05) is 23.1 Å². The van der Waals surface area contributed by atoms with E-state index >= 15 is 0 Å². The molecule has 0 aliphatic carbocycles. The molecule has 112 valence electrons. The number of sulfone groups is 1. The molecular formula is C13H14ClN3O3S. The number of halogens is 1. The summed E-state index contributed by atoms with van der Waals surface area (Å²) in [7, 11) is -3.50. The summed E-state index contributed by atoms with van der Waals surface area (Å²) in [5.74, 6) is -0.0421. The zero-order valence-corrected chi connectivity index (χ0v) is 13.3. The Morgan fingerprint density at radius 1 is 1.33 bits per heavy atom. The van der Waals surface area contributed by atoms with Crippen molar-refractivity contribution >= 4 is 33.2 Å². The molecule has 6 nitrogen and oxygen atoms in total. The number of H-pyrrole nitrogens is 1. The molecule has 0 fully saturated rings. The highest BCUT2D eigenvalue weighted by molar-refractivity contribution is 7.90. The number of carbonyl (C=O) groups excluding carboxylic acids is 1. The second-order valence-corrected chi connectivity index (χ2v) is 7.09. The molecule has 2 aromatic rings. The average Bonchev–Trinajstić information content (AvgIpc) is 2.70. The zero-order valence-electron chi connectivity index (χ0n) is 11.7. The van der Waals surface area contributed by atoms with Crippen LogP contribution in [0, 0.1) is 13.8 Å². The van der Waals surface area contributed by atoms with Crippen LogP contribution in [0.25, 0.3) is 0 Å². The van der Waals surface area contributed by atoms with Crippen molar-refractivity contribution in [1.29, 1.82) is 0 Å². The highest BCUT2D eigenvalue weighted by atomic mass is 35.5. The van der Waals surface area contributed by atoms with E-state index in [1.807, 2.05) is 13.8 Å². The molecule has 0 atom stereocenters. The molecular weight excluding hydrogens is 314 g/mol. The number of hydrogen-bond donors (Lipinski definition) is 2. The fourth-order valence-corrected chi connectivity index (χ4v) is 3.02. The molecule has 0 unspecified atom stereocenters. The Hall–Kier alpha value is -1.86. The van der Waals surface area contributed by atoms with Gasteiger partial charge < -0.3 is 5.32 Å². The zero-order chi connectivity index (χ0) is 15.8. The van der Waals surface area contributed by atoms with Crippen LogP contribution < -0.4 is 5.32 Å². The van der Waals surface area contributed by atoms with Gasteiger partial charge in [0.25, 0.3) is 5.91 Å². The fraction of sp³-hybridized carbons (Fsp3) is 0.231. The van der Waals surface area contributed by atoms with E-state index in [-0.39, 0.29) is 15.5 Å². The SMILES string of the molecule is Cc1[nH]nc(NC(=O)c2ccc(Cl)c(S(C)(=O)=O)c2)c1C. The van der Waals surface area contributed by atoms with Crippen molar-refractivity contribution in [3.8, 4) is 0 Å². The minimum Gasteiger partial charge on any atom is -0.305 e. The van der Waals surface area contributed by atoms with Crippen LogP contribution in [0.4, 0.5) is 5.82 Å². The third kappa shape index (κ3) is 3.25. The number of benzene rings is 1. The lowest BCUT2D eigenvalue weighted by Crippen LogP contribution is -2.14. The fourth-order valence-electron chi connectivity index (χ4n) is 1.72. The predicted molar refractivity (Wildman–Crippen MR) is 80.6 cm³/mol. The standard InChI is InChI=1S/C13H14ClN3O3S/c1-7-8(2)16-17-12(7)15-13(18)9-4-5-10(14)11(6-9)21(3,19)20/h4-6H,1-3H3,(H2,15,16,17,18). The lowest BCUT2D eigenvalue weighted by Gasteiger charge is -2.06. The summed E-state index contributed by atoms with van der Waals surface area (Å²) < 4.78 is 23.2. The van der Waals surface area contributed by atoms with Gasteiger partial charge in [0.05, 0.1) is 9.92 Å². The van der Waals surface area contributed by atoms with Crippen LogP contribution in [-0.4, -0.2) is 30.8 Å². The van der Waals surface area contributed by atoms with Crippen molar-refractivity contribution in [2.45, 2.75) is 18.7 Å². The minimum absolute atomic E-state index is 0.0771. The first-order valence-corrected chi connectivity index (χ1v) is 8.29. The Morgan fingerprint density at radius 3 is 2.52 bits per heavy atom. The molecule has 1 amide bonds. The third-order valence-electron chi connectivity index (χ3n) is 3.08. The number of rotatable bonds is 3. The Morgan fingerprint density at radius 2 is 2.00 bits per heavy atom. The van der Waals surface area contributed by atoms with Gasteiger partial charge in [-0.1, -0.05) is 11.6 Å². The highest BCUT2D eigenvalue weighted by Crippen LogP contribution is 2.23. The summed E-state index contributed by atoms with van der Waals surface area (Å²) in [5.41, 5.74) is 1.86. The first-order valence-electron chi connectivity index (χ1n) is 6.02. The molecule has 0 radical (unpaired) electrons. The normalized spacial score (nSPS) is 11.4. The van der Waals surface area contributed by atoms with Crippen molar-refractivity contribution < 1.29 is 13.2 Å². The van der Waals surface area contributed by atoms with Gasteiger partial charge in [0.2, 0.25) is 0 Å². The maximum Gasteiger partial charge on any atom is 0.256 e. The van der Waals surface area contributed by atoms with E-state index in [0.29, 0.717) is 5.82 Å². The second kappa shape index (κ2) is 5.50. The van der Waals surface area contributed by atoms with E-state index < -0.39 is 15.7 Å². The highest BCUT2D eigenvalue weighted by Gasteiger charge is 2.17. The smallest absolute Gasteiger partial charge is 0.256 e. The van der Waals surface area contributed by atoms with E-state index in [2.05, 4.69) is 15.5 Å². The molecule has 0 bridgehead atoms. The molecule has 1 aromatic carbocycles. The van der Waals surface area contributed by atoms with Crippen molar-refractivity contribution in [3.63, 3.8) is 0 Å². The topological polar surface area (TPSA) is 91.9 Å². The van der Waals surface area contributed by atoms with Gasteiger partial charge in [-0.05, 0) is 32.0 Å². The summed E-state index contributed by atoms with van der Waals surface area (Å²) in [6.07, 6.45) is 1.04. The number of anilines is 1. The molecule has 2 rings (SSSR count). The lowest BCUT2D eigenvalue weighted by molar-refractivity contribution is 0.102. The maximum absolute atomic E-state index is 12.2. The summed E-state index contributed by atoms with van der Waals surface area (Å²) >= 11 is 5.85. The van der Waals surface area contributed by atoms with Crippen molar-refractivity contribution in [2.24, 2.45) is 0 Å². The molecule has 8 heteroatoms. The number of aromatic amines is 1. The van der Waals surface area contributed by atoms with E-state index in [1.54, 1.807) is 0 Å². The number of nitrogens with one attached hydrogen (secondary N) is 2. The van der Waals surface area contributed by atoms with Gasteiger partial charge in [-0.3, -0.25) is 9.89 Å². The lowest BCUT2D eigenvalue weighted by atomic mass is 10.2. The molecule has 0 aliphatic heterocycles. The summed E-state index contributed by atoms with van der Waals surface area (Å²) in [6, 6.07) is 4.10. The molecule has 1 heterocycles. The number of hydrogen-bond acceptors (Lipinski definition) is 4. The van der Waals surface area contributed by atoms with Gasteiger partial charge >= 0.3 is 0 Å². The predicted octanol–water partition coefficient (Wildman–Crippen LogP) is 2.34. The van der Waals surface area contributed by atoms with Gasteiger partial charge in [-0.2, -0.15) is 5.10 Å². The third-order valence-corrected chi connectivity index (χ3v) is 4.66. The van der Waals surface area contributed by atoms with Crippen LogP contribution in [0.1, 0.15) is 21.6 Å². The Kier molecular flexibility index (Phi) is 4.06. The largest absolute Gasteiger partial charge is 0.305 e. The molecule has 0 saturated heterocycles. The summed E-state index contributed by atoms with van der Waals surface area (Å²) in [6.45, 7) is 3.65. The minimum atomic E-state index is -3.50. The number of amides is 1. The molecule has 1 aromatic heterocycles. The van der Waals surface area contributed by atoms with E-state index in [1.165, 1.54) is 18.2 Å². The molecule has 2 N–H and O–H groups in total. The van der Waals surface area contributed by atoms with Crippen LogP contribution in [0.5, 0.6) is 0 Å². The summed E-state index contributed by atoms with van der Waals surface area (Å²) in [5, 5.41) is 9.44. The van der Waals surface area contributed by atoms with Crippen LogP contribution >= 0.6 is 11.6 Å². The van der Waals surface area contributed by atoms with Crippen LogP contribution in [0.3, 0.4) is 0 Å². The summed E-state index contributed by atoms with van der Waals surface area (Å²) in [4.78, 5) is 12.1. The van der Waals surface area contributed by atoms with Crippen LogP contribution in [-0.2, 0) is 9.84 Å². The average molecular weight is 328 g/mol. The Bertz CT molecular complexity index is 812. The molecule has 0 aliphatic rings. The number of aromatic nitrogens is 2. The van der Waals surface area contributed by atoms with Crippen LogP contribution in [0.15, 0.2) is 23.1 Å². The van der Waals surface area contributed by atoms with Gasteiger partial charge in [0.1, 0.15) is 0 Å². The molecule has 21 heavy (non-hydrogen) atoms. The van der Waals surface area contributed by atoms with Gasteiger partial charge in [-0.25, -0.2) is 8.42 Å². The van der Waals surface area contributed by atoms with Crippen molar-refractivity contribution in [2.75, 3.05) is 11.6 Å². The monoisotopic (exact) mass is 327 g/mol. The van der Waals surface area contributed by atoms with Crippen LogP contribution in [0.2, 0.25) is 5.02 Å². The number of nitrogens with zero attached hydrogens (tertiary/aromatic N) is 1. The Labute approximate surface area is 127 Å². The quantitative estimate of drug-likeness (QED) is 0.905. The number of aryl methyl sites for hydroxylation is 1. The number of carbonyl (C=O) groups is 1. The van der Waals surface area contributed by atoms with Crippen molar-refractivity contribution in [1.82, 2.24) is 10.2 Å². The maximum atomic E-state index is 12.2. The van der Waals surface area contributed by atoms with Gasteiger partial charge in [-0.15, -0.1) is 0 Å². The molecule has 0 spiro atoms. The van der Waals surface area contributed by atoms with E-state index in [9.17, 15) is 13.2 Å². The van der Waals surface area contributed by atoms with Crippen molar-refractivity contribution in [3.05, 3.63) is 40.0 Å². The second-order valence-electron chi connectivity index (χ2n) is 4.69. The Balaban J connectivity index is 2.34. The van der Waals surface area contributed by atoms with Gasteiger partial charge in [0.15, 0.2) is 15.7 Å². The first-order chi connectivity index (χ1) is 9.70.